The van der Waals surface area contributed by atoms with Gasteiger partial charge in [0.25, 0.3) is 15.9 Å². The molecule has 0 aliphatic carbocycles. The Morgan fingerprint density at radius 1 is 1.04 bits per heavy atom. The van der Waals surface area contributed by atoms with Gasteiger partial charge in [0.05, 0.1) is 4.90 Å². The van der Waals surface area contributed by atoms with Gasteiger partial charge in [0.2, 0.25) is 0 Å². The van der Waals surface area contributed by atoms with Crippen molar-refractivity contribution in [3.8, 4) is 0 Å². The second-order valence-corrected chi connectivity index (χ2v) is 8.65. The van der Waals surface area contributed by atoms with E-state index in [0.29, 0.717) is 17.8 Å². The SMILES string of the molecule is Cc1ccc(S(=O)(=O)Nc2ccc(C(=O)NC(C)(C)CN)cc2)cc1C.Cl. The first-order valence-electron chi connectivity index (χ1n) is 8.27. The third-order valence-electron chi connectivity index (χ3n) is 4.15. The fourth-order valence-electron chi connectivity index (χ4n) is 2.22. The fraction of sp³-hybridized carbons (Fsp3) is 0.316. The molecule has 0 aliphatic rings. The Hall–Kier alpha value is -2.09. The summed E-state index contributed by atoms with van der Waals surface area (Å²) in [6, 6.07) is 11.2. The molecule has 0 aliphatic heterocycles. The maximum absolute atomic E-state index is 12.5. The predicted molar refractivity (Wildman–Crippen MR) is 111 cm³/mol. The van der Waals surface area contributed by atoms with Gasteiger partial charge < -0.3 is 11.1 Å². The molecule has 0 saturated heterocycles. The summed E-state index contributed by atoms with van der Waals surface area (Å²) >= 11 is 0. The van der Waals surface area contributed by atoms with Crippen molar-refractivity contribution < 1.29 is 13.2 Å². The van der Waals surface area contributed by atoms with E-state index in [1.807, 2.05) is 27.7 Å². The lowest BCUT2D eigenvalue weighted by Crippen LogP contribution is -2.48. The van der Waals surface area contributed by atoms with Gasteiger partial charge in [-0.1, -0.05) is 6.07 Å². The second-order valence-electron chi connectivity index (χ2n) is 6.97. The molecule has 0 radical (unpaired) electrons. The van der Waals surface area contributed by atoms with Crippen LogP contribution in [0.25, 0.3) is 0 Å². The molecule has 6 nitrogen and oxygen atoms in total. The predicted octanol–water partition coefficient (Wildman–Crippen LogP) is 2.99. The van der Waals surface area contributed by atoms with Gasteiger partial charge in [0.15, 0.2) is 0 Å². The summed E-state index contributed by atoms with van der Waals surface area (Å²) in [5.41, 5.74) is 7.85. The topological polar surface area (TPSA) is 101 Å². The van der Waals surface area contributed by atoms with Crippen molar-refractivity contribution in [1.29, 1.82) is 0 Å². The Bertz CT molecular complexity index is 910. The van der Waals surface area contributed by atoms with Crippen LogP contribution in [0, 0.1) is 13.8 Å². The zero-order chi connectivity index (χ0) is 19.5. The molecule has 2 aromatic carbocycles. The molecule has 0 atom stereocenters. The van der Waals surface area contributed by atoms with E-state index < -0.39 is 15.6 Å². The Balaban J connectivity index is 0.00000364. The molecule has 4 N–H and O–H groups in total. The van der Waals surface area contributed by atoms with Crippen LogP contribution in [0.3, 0.4) is 0 Å². The van der Waals surface area contributed by atoms with Gasteiger partial charge in [-0.15, -0.1) is 12.4 Å². The number of aryl methyl sites for hydroxylation is 2. The molecule has 0 fully saturated rings. The largest absolute Gasteiger partial charge is 0.346 e. The minimum absolute atomic E-state index is 0. The molecule has 2 aromatic rings. The third-order valence-corrected chi connectivity index (χ3v) is 5.53. The lowest BCUT2D eigenvalue weighted by molar-refractivity contribution is 0.0915. The van der Waals surface area contributed by atoms with Crippen LogP contribution in [0.4, 0.5) is 5.69 Å². The fourth-order valence-corrected chi connectivity index (χ4v) is 3.36. The average molecular weight is 412 g/mol. The summed E-state index contributed by atoms with van der Waals surface area (Å²) in [5.74, 6) is -0.260. The van der Waals surface area contributed by atoms with E-state index in [4.69, 9.17) is 5.73 Å². The quantitative estimate of drug-likeness (QED) is 0.680. The van der Waals surface area contributed by atoms with E-state index in [1.54, 1.807) is 42.5 Å². The van der Waals surface area contributed by atoms with Crippen molar-refractivity contribution in [3.63, 3.8) is 0 Å². The standard InChI is InChI=1S/C19H25N3O3S.ClH/c1-13-5-10-17(11-14(13)2)26(24,25)22-16-8-6-15(7-9-16)18(23)21-19(3,4)12-20;/h5-11,22H,12,20H2,1-4H3,(H,21,23);1H. The molecule has 0 heterocycles. The van der Waals surface area contributed by atoms with Crippen LogP contribution >= 0.6 is 12.4 Å². The normalized spacial score (nSPS) is 11.4. The smallest absolute Gasteiger partial charge is 0.261 e. The third kappa shape index (κ3) is 5.95. The Labute approximate surface area is 167 Å². The summed E-state index contributed by atoms with van der Waals surface area (Å²) in [4.78, 5) is 12.4. The van der Waals surface area contributed by atoms with Crippen LogP contribution in [0.2, 0.25) is 0 Å². The number of nitrogens with one attached hydrogen (secondary N) is 2. The summed E-state index contributed by atoms with van der Waals surface area (Å²) in [7, 11) is -3.69. The van der Waals surface area contributed by atoms with E-state index in [-0.39, 0.29) is 23.2 Å². The number of sulfonamides is 1. The zero-order valence-electron chi connectivity index (χ0n) is 15.9. The van der Waals surface area contributed by atoms with Crippen LogP contribution < -0.4 is 15.8 Å². The van der Waals surface area contributed by atoms with Gasteiger partial charge in [-0.05, 0) is 75.2 Å². The molecule has 8 heteroatoms. The lowest BCUT2D eigenvalue weighted by atomic mass is 10.1. The van der Waals surface area contributed by atoms with Crippen molar-refractivity contribution in [2.75, 3.05) is 11.3 Å². The number of anilines is 1. The van der Waals surface area contributed by atoms with Crippen LogP contribution in [0.5, 0.6) is 0 Å². The number of hydrogen-bond acceptors (Lipinski definition) is 4. The summed E-state index contributed by atoms with van der Waals surface area (Å²) < 4.78 is 27.5. The van der Waals surface area contributed by atoms with E-state index in [0.717, 1.165) is 11.1 Å². The molecular weight excluding hydrogens is 386 g/mol. The van der Waals surface area contributed by atoms with Crippen molar-refractivity contribution >= 4 is 34.0 Å². The van der Waals surface area contributed by atoms with Crippen molar-refractivity contribution in [1.82, 2.24) is 5.32 Å². The maximum Gasteiger partial charge on any atom is 0.261 e. The molecule has 0 saturated carbocycles. The lowest BCUT2D eigenvalue weighted by Gasteiger charge is -2.24. The summed E-state index contributed by atoms with van der Waals surface area (Å²) in [5, 5.41) is 2.82. The first kappa shape index (κ1) is 23.0. The molecular formula is C19H26ClN3O3S. The number of carbonyl (C=O) groups excluding carboxylic acids is 1. The second kappa shape index (κ2) is 8.73. The number of hydrogen-bond donors (Lipinski definition) is 3. The number of nitrogens with two attached hydrogens (primary N) is 1. The van der Waals surface area contributed by atoms with Gasteiger partial charge in [-0.2, -0.15) is 0 Å². The summed E-state index contributed by atoms with van der Waals surface area (Å²) in [6.07, 6.45) is 0. The molecule has 0 spiro atoms. The molecule has 0 aromatic heterocycles. The van der Waals surface area contributed by atoms with Gasteiger partial charge >= 0.3 is 0 Å². The van der Waals surface area contributed by atoms with E-state index in [9.17, 15) is 13.2 Å². The van der Waals surface area contributed by atoms with Crippen molar-refractivity contribution in [2.24, 2.45) is 5.73 Å². The first-order valence-corrected chi connectivity index (χ1v) is 9.75. The minimum Gasteiger partial charge on any atom is -0.346 e. The molecule has 27 heavy (non-hydrogen) atoms. The number of halogens is 1. The van der Waals surface area contributed by atoms with Crippen LogP contribution in [0.1, 0.15) is 35.3 Å². The first-order chi connectivity index (χ1) is 12.0. The highest BCUT2D eigenvalue weighted by Gasteiger charge is 2.19. The number of amides is 1. The monoisotopic (exact) mass is 411 g/mol. The van der Waals surface area contributed by atoms with Gasteiger partial charge in [0.1, 0.15) is 0 Å². The highest BCUT2D eigenvalue weighted by atomic mass is 35.5. The van der Waals surface area contributed by atoms with E-state index >= 15 is 0 Å². The maximum atomic E-state index is 12.5. The summed E-state index contributed by atoms with van der Waals surface area (Å²) in [6.45, 7) is 7.76. The molecule has 148 valence electrons. The van der Waals surface area contributed by atoms with E-state index in [1.165, 1.54) is 0 Å². The number of carbonyl (C=O) groups is 1. The van der Waals surface area contributed by atoms with Crippen molar-refractivity contribution in [2.45, 2.75) is 38.1 Å². The van der Waals surface area contributed by atoms with Crippen LogP contribution in [-0.4, -0.2) is 26.4 Å². The van der Waals surface area contributed by atoms with Gasteiger partial charge in [-0.25, -0.2) is 8.42 Å². The molecule has 1 amide bonds. The van der Waals surface area contributed by atoms with Crippen LogP contribution in [-0.2, 0) is 10.0 Å². The van der Waals surface area contributed by atoms with E-state index in [2.05, 4.69) is 10.0 Å². The number of benzene rings is 2. The number of rotatable bonds is 6. The van der Waals surface area contributed by atoms with Gasteiger partial charge in [-0.3, -0.25) is 9.52 Å². The highest BCUT2D eigenvalue weighted by molar-refractivity contribution is 7.92. The average Bonchev–Trinajstić information content (AvgIpc) is 2.57. The van der Waals surface area contributed by atoms with Crippen LogP contribution in [0.15, 0.2) is 47.4 Å². The Morgan fingerprint density at radius 3 is 2.15 bits per heavy atom. The Morgan fingerprint density at radius 2 is 1.63 bits per heavy atom. The highest BCUT2D eigenvalue weighted by Crippen LogP contribution is 2.19. The molecule has 0 bridgehead atoms. The minimum atomic E-state index is -3.69. The zero-order valence-corrected chi connectivity index (χ0v) is 17.5. The van der Waals surface area contributed by atoms with Gasteiger partial charge in [0, 0.05) is 23.3 Å². The van der Waals surface area contributed by atoms with Crippen molar-refractivity contribution in [3.05, 3.63) is 59.2 Å². The molecule has 0 unspecified atom stereocenters. The Kier molecular flexibility index (Phi) is 7.42. The molecule has 2 rings (SSSR count).